The van der Waals surface area contributed by atoms with E-state index in [0.717, 1.165) is 0 Å². The van der Waals surface area contributed by atoms with Gasteiger partial charge in [-0.25, -0.2) is 9.59 Å². The molecule has 0 bridgehead atoms. The van der Waals surface area contributed by atoms with Gasteiger partial charge in [0.25, 0.3) is 0 Å². The predicted octanol–water partition coefficient (Wildman–Crippen LogP) is 2.26. The number of rotatable bonds is 3. The van der Waals surface area contributed by atoms with Crippen molar-refractivity contribution in [2.24, 2.45) is 0 Å². The molecule has 0 saturated carbocycles. The van der Waals surface area contributed by atoms with Gasteiger partial charge in [0.1, 0.15) is 16.9 Å². The van der Waals surface area contributed by atoms with Gasteiger partial charge in [-0.2, -0.15) is 0 Å². The Bertz CT molecular complexity index is 456. The zero-order chi connectivity index (χ0) is 13.2. The van der Waals surface area contributed by atoms with Crippen LogP contribution in [0.1, 0.15) is 41.5 Å². The summed E-state index contributed by atoms with van der Waals surface area (Å²) in [6.07, 6.45) is 0. The second-order valence-electron chi connectivity index (χ2n) is 4.50. The minimum Gasteiger partial charge on any atom is -0.487 e. The summed E-state index contributed by atoms with van der Waals surface area (Å²) in [4.78, 5) is 22.0. The van der Waals surface area contributed by atoms with Crippen LogP contribution in [-0.2, 0) is 0 Å². The van der Waals surface area contributed by atoms with Crippen molar-refractivity contribution in [2.45, 2.75) is 26.4 Å². The highest BCUT2D eigenvalue weighted by Crippen LogP contribution is 2.26. The van der Waals surface area contributed by atoms with Gasteiger partial charge in [-0.05, 0) is 32.9 Å². The lowest BCUT2D eigenvalue weighted by atomic mass is 10.1. The maximum Gasteiger partial charge on any atom is 0.340 e. The minimum absolute atomic E-state index is 0.0601. The number of ether oxygens (including phenoxy) is 1. The molecule has 5 nitrogen and oxygen atoms in total. The number of aromatic carboxylic acids is 2. The van der Waals surface area contributed by atoms with Crippen LogP contribution in [0.5, 0.6) is 5.75 Å². The van der Waals surface area contributed by atoms with Crippen LogP contribution < -0.4 is 4.74 Å². The molecule has 0 aliphatic rings. The van der Waals surface area contributed by atoms with Crippen LogP contribution in [0.2, 0.25) is 0 Å². The lowest BCUT2D eigenvalue weighted by Gasteiger charge is -2.22. The molecule has 5 heteroatoms. The zero-order valence-electron chi connectivity index (χ0n) is 9.85. The molecule has 1 aromatic rings. The molecule has 0 amide bonds. The van der Waals surface area contributed by atoms with E-state index in [-0.39, 0.29) is 16.9 Å². The highest BCUT2D eigenvalue weighted by Gasteiger charge is 2.23. The van der Waals surface area contributed by atoms with Gasteiger partial charge in [0.2, 0.25) is 0 Å². The van der Waals surface area contributed by atoms with E-state index >= 15 is 0 Å². The van der Waals surface area contributed by atoms with Gasteiger partial charge in [-0.3, -0.25) is 0 Å². The van der Waals surface area contributed by atoms with Gasteiger partial charge >= 0.3 is 11.9 Å². The van der Waals surface area contributed by atoms with Crippen LogP contribution in [0.3, 0.4) is 0 Å². The lowest BCUT2D eigenvalue weighted by molar-refractivity contribution is 0.0637. The van der Waals surface area contributed by atoms with Gasteiger partial charge in [-0.1, -0.05) is 6.07 Å². The van der Waals surface area contributed by atoms with E-state index < -0.39 is 17.5 Å². The summed E-state index contributed by atoms with van der Waals surface area (Å²) < 4.78 is 5.44. The normalized spacial score (nSPS) is 11.0. The molecule has 17 heavy (non-hydrogen) atoms. The molecule has 92 valence electrons. The fourth-order valence-electron chi connectivity index (χ4n) is 1.34. The van der Waals surface area contributed by atoms with Crippen molar-refractivity contribution >= 4 is 11.9 Å². The highest BCUT2D eigenvalue weighted by molar-refractivity contribution is 6.03. The molecule has 1 aromatic carbocycles. The summed E-state index contributed by atoms with van der Waals surface area (Å²) in [7, 11) is 0. The molecule has 0 heterocycles. The van der Waals surface area contributed by atoms with E-state index in [4.69, 9.17) is 14.9 Å². The predicted molar refractivity (Wildman–Crippen MR) is 60.7 cm³/mol. The molecule has 0 aliphatic heterocycles. The molecular formula is C12H14O5. The zero-order valence-corrected chi connectivity index (χ0v) is 9.85. The fourth-order valence-corrected chi connectivity index (χ4v) is 1.34. The smallest absolute Gasteiger partial charge is 0.340 e. The van der Waals surface area contributed by atoms with Crippen LogP contribution >= 0.6 is 0 Å². The average Bonchev–Trinajstić information content (AvgIpc) is 2.14. The van der Waals surface area contributed by atoms with Crippen molar-refractivity contribution < 1.29 is 24.5 Å². The highest BCUT2D eigenvalue weighted by atomic mass is 16.5. The molecule has 0 saturated heterocycles. The van der Waals surface area contributed by atoms with Gasteiger partial charge in [0, 0.05) is 0 Å². The Kier molecular flexibility index (Phi) is 3.41. The fraction of sp³-hybridized carbons (Fsp3) is 0.333. The van der Waals surface area contributed by atoms with Crippen molar-refractivity contribution in [2.75, 3.05) is 0 Å². The van der Waals surface area contributed by atoms with E-state index in [0.29, 0.717) is 0 Å². The van der Waals surface area contributed by atoms with Crippen LogP contribution in [0.25, 0.3) is 0 Å². The van der Waals surface area contributed by atoms with Crippen molar-refractivity contribution in [3.05, 3.63) is 29.3 Å². The monoisotopic (exact) mass is 238 g/mol. The summed E-state index contributed by atoms with van der Waals surface area (Å²) in [6, 6.07) is 4.14. The molecular weight excluding hydrogens is 224 g/mol. The number of benzene rings is 1. The molecule has 0 fully saturated rings. The lowest BCUT2D eigenvalue weighted by Crippen LogP contribution is -2.25. The first-order valence-corrected chi connectivity index (χ1v) is 5.01. The van der Waals surface area contributed by atoms with Crippen molar-refractivity contribution in [3.63, 3.8) is 0 Å². The Morgan fingerprint density at radius 2 is 1.71 bits per heavy atom. The van der Waals surface area contributed by atoms with Crippen molar-refractivity contribution in [3.8, 4) is 5.75 Å². The van der Waals surface area contributed by atoms with E-state index in [1.165, 1.54) is 18.2 Å². The van der Waals surface area contributed by atoms with E-state index in [1.54, 1.807) is 20.8 Å². The van der Waals surface area contributed by atoms with Crippen LogP contribution in [0.4, 0.5) is 0 Å². The number of hydrogen-bond acceptors (Lipinski definition) is 3. The standard InChI is InChI=1S/C12H14O5/c1-12(2,3)17-8-6-4-5-7(10(13)14)9(8)11(15)16/h4-6H,1-3H3,(H,13,14)(H,15,16). The SMILES string of the molecule is CC(C)(C)Oc1cccc(C(=O)O)c1C(=O)O. The Morgan fingerprint density at radius 1 is 1.12 bits per heavy atom. The summed E-state index contributed by atoms with van der Waals surface area (Å²) in [6.45, 7) is 5.27. The van der Waals surface area contributed by atoms with Crippen molar-refractivity contribution in [1.82, 2.24) is 0 Å². The third-order valence-electron chi connectivity index (χ3n) is 1.89. The molecule has 1 rings (SSSR count). The molecule has 0 radical (unpaired) electrons. The first-order valence-electron chi connectivity index (χ1n) is 5.01. The number of carboxylic acids is 2. The van der Waals surface area contributed by atoms with Gasteiger partial charge < -0.3 is 14.9 Å². The second-order valence-corrected chi connectivity index (χ2v) is 4.50. The molecule has 0 atom stereocenters. The summed E-state index contributed by atoms with van der Waals surface area (Å²) in [5.74, 6) is -2.55. The topological polar surface area (TPSA) is 83.8 Å². The van der Waals surface area contributed by atoms with Crippen LogP contribution in [-0.4, -0.2) is 27.8 Å². The average molecular weight is 238 g/mol. The Balaban J connectivity index is 3.35. The maximum atomic E-state index is 11.1. The number of carboxylic acid groups (broad SMARTS) is 2. The summed E-state index contributed by atoms with van der Waals surface area (Å²) in [5, 5.41) is 18.0. The van der Waals surface area contributed by atoms with Crippen molar-refractivity contribution in [1.29, 1.82) is 0 Å². The molecule has 0 aliphatic carbocycles. The molecule has 0 spiro atoms. The minimum atomic E-state index is -1.32. The van der Waals surface area contributed by atoms with Gasteiger partial charge in [-0.15, -0.1) is 0 Å². The third kappa shape index (κ3) is 3.21. The molecule has 0 aromatic heterocycles. The Hall–Kier alpha value is -2.04. The third-order valence-corrected chi connectivity index (χ3v) is 1.89. The summed E-state index contributed by atoms with van der Waals surface area (Å²) in [5.41, 5.74) is -1.20. The Labute approximate surface area is 98.6 Å². The first kappa shape index (κ1) is 13.0. The van der Waals surface area contributed by atoms with Crippen LogP contribution in [0, 0.1) is 0 Å². The Morgan fingerprint density at radius 3 is 2.12 bits per heavy atom. The number of hydrogen-bond donors (Lipinski definition) is 2. The van der Waals surface area contributed by atoms with E-state index in [1.807, 2.05) is 0 Å². The largest absolute Gasteiger partial charge is 0.487 e. The van der Waals surface area contributed by atoms with Crippen LogP contribution in [0.15, 0.2) is 18.2 Å². The van der Waals surface area contributed by atoms with Gasteiger partial charge in [0.05, 0.1) is 5.56 Å². The van der Waals surface area contributed by atoms with Gasteiger partial charge in [0.15, 0.2) is 0 Å². The maximum absolute atomic E-state index is 11.1. The molecule has 2 N–H and O–H groups in total. The van der Waals surface area contributed by atoms with E-state index in [2.05, 4.69) is 0 Å². The summed E-state index contributed by atoms with van der Waals surface area (Å²) >= 11 is 0. The molecule has 0 unspecified atom stereocenters. The first-order chi connectivity index (χ1) is 7.72. The van der Waals surface area contributed by atoms with E-state index in [9.17, 15) is 9.59 Å². The second kappa shape index (κ2) is 4.45. The number of carbonyl (C=O) groups is 2. The quantitative estimate of drug-likeness (QED) is 0.843.